The average Bonchev–Trinajstić information content (AvgIpc) is 2.09. The first-order valence-corrected chi connectivity index (χ1v) is 5.46. The molecule has 4 heteroatoms. The van der Waals surface area contributed by atoms with Crippen molar-refractivity contribution >= 4 is 5.91 Å². The number of carbonyl (C=O) groups excluding carboxylic acids is 1. The van der Waals surface area contributed by atoms with Gasteiger partial charge in [0.15, 0.2) is 0 Å². The molecule has 0 radical (unpaired) electrons. The topological polar surface area (TPSA) is 66.6 Å². The molecular weight excluding hydrogens is 192 g/mol. The van der Waals surface area contributed by atoms with Crippen molar-refractivity contribution < 1.29 is 9.90 Å². The van der Waals surface area contributed by atoms with Crippen LogP contribution in [0.5, 0.6) is 0 Å². The van der Waals surface area contributed by atoms with E-state index in [1.165, 1.54) is 0 Å². The fourth-order valence-electron chi connectivity index (χ4n) is 1.61. The number of amides is 1. The first kappa shape index (κ1) is 12.5. The van der Waals surface area contributed by atoms with Gasteiger partial charge in [0.25, 0.3) is 0 Å². The van der Waals surface area contributed by atoms with Gasteiger partial charge in [-0.05, 0) is 11.8 Å². The molecule has 4 nitrogen and oxygen atoms in total. The third kappa shape index (κ3) is 2.49. The van der Waals surface area contributed by atoms with Crippen LogP contribution in [0.3, 0.4) is 0 Å². The SMILES string of the molecule is CCC1(O)CN(C(=O)[C@H](N)C(C)(C)C)C1. The molecule has 15 heavy (non-hydrogen) atoms. The molecule has 1 aliphatic heterocycles. The molecule has 1 saturated heterocycles. The van der Waals surface area contributed by atoms with E-state index in [2.05, 4.69) is 0 Å². The molecule has 0 aliphatic carbocycles. The van der Waals surface area contributed by atoms with Crippen LogP contribution in [-0.4, -0.2) is 40.6 Å². The van der Waals surface area contributed by atoms with Gasteiger partial charge in [0.2, 0.25) is 5.91 Å². The van der Waals surface area contributed by atoms with Crippen molar-refractivity contribution in [3.63, 3.8) is 0 Å². The fraction of sp³-hybridized carbons (Fsp3) is 0.909. The van der Waals surface area contributed by atoms with Crippen LogP contribution >= 0.6 is 0 Å². The van der Waals surface area contributed by atoms with E-state index in [-0.39, 0.29) is 11.3 Å². The first-order valence-electron chi connectivity index (χ1n) is 5.46. The lowest BCUT2D eigenvalue weighted by Gasteiger charge is -2.48. The van der Waals surface area contributed by atoms with Crippen molar-refractivity contribution in [2.24, 2.45) is 11.1 Å². The first-order chi connectivity index (χ1) is 6.69. The van der Waals surface area contributed by atoms with Crippen LogP contribution < -0.4 is 5.73 Å². The minimum absolute atomic E-state index is 0.0550. The summed E-state index contributed by atoms with van der Waals surface area (Å²) < 4.78 is 0. The van der Waals surface area contributed by atoms with Gasteiger partial charge in [-0.2, -0.15) is 0 Å². The highest BCUT2D eigenvalue weighted by Gasteiger charge is 2.44. The van der Waals surface area contributed by atoms with E-state index in [0.29, 0.717) is 19.5 Å². The maximum absolute atomic E-state index is 11.9. The third-order valence-corrected chi connectivity index (χ3v) is 3.14. The van der Waals surface area contributed by atoms with Gasteiger partial charge in [-0.25, -0.2) is 0 Å². The molecule has 1 aliphatic rings. The van der Waals surface area contributed by atoms with Crippen LogP contribution in [-0.2, 0) is 4.79 Å². The average molecular weight is 214 g/mol. The summed E-state index contributed by atoms with van der Waals surface area (Å²) in [6, 6.07) is -0.487. The summed E-state index contributed by atoms with van der Waals surface area (Å²) in [6.07, 6.45) is 0.682. The Balaban J connectivity index is 2.52. The summed E-state index contributed by atoms with van der Waals surface area (Å²) in [5.41, 5.74) is 4.96. The predicted octanol–water partition coefficient (Wildman–Crippen LogP) is 0.343. The second-order valence-electron chi connectivity index (χ2n) is 5.62. The van der Waals surface area contributed by atoms with Crippen LogP contribution in [0.4, 0.5) is 0 Å². The Hall–Kier alpha value is -0.610. The van der Waals surface area contributed by atoms with E-state index in [0.717, 1.165) is 0 Å². The molecule has 1 rings (SSSR count). The van der Waals surface area contributed by atoms with E-state index in [1.54, 1.807) is 4.90 Å². The maximum Gasteiger partial charge on any atom is 0.240 e. The van der Waals surface area contributed by atoms with E-state index in [9.17, 15) is 9.90 Å². The van der Waals surface area contributed by atoms with Gasteiger partial charge in [0, 0.05) is 0 Å². The van der Waals surface area contributed by atoms with E-state index < -0.39 is 11.6 Å². The minimum Gasteiger partial charge on any atom is -0.386 e. The molecule has 1 heterocycles. The highest BCUT2D eigenvalue weighted by molar-refractivity contribution is 5.83. The second kappa shape index (κ2) is 3.76. The monoisotopic (exact) mass is 214 g/mol. The lowest BCUT2D eigenvalue weighted by Crippen LogP contribution is -2.66. The number of β-amino-alcohol motifs (C(OH)–C–C–N with tert-alkyl or cyclic N) is 1. The van der Waals surface area contributed by atoms with Gasteiger partial charge in [-0.3, -0.25) is 4.79 Å². The Kier molecular flexibility index (Phi) is 3.12. The summed E-state index contributed by atoms with van der Waals surface area (Å²) in [4.78, 5) is 13.5. The summed E-state index contributed by atoms with van der Waals surface area (Å²) >= 11 is 0. The predicted molar refractivity (Wildman–Crippen MR) is 59.3 cm³/mol. The van der Waals surface area contributed by atoms with E-state index >= 15 is 0 Å². The molecule has 88 valence electrons. The number of nitrogens with zero attached hydrogens (tertiary/aromatic N) is 1. The largest absolute Gasteiger partial charge is 0.386 e. The van der Waals surface area contributed by atoms with Crippen LogP contribution in [0.2, 0.25) is 0 Å². The lowest BCUT2D eigenvalue weighted by atomic mass is 9.84. The zero-order valence-electron chi connectivity index (χ0n) is 10.1. The second-order valence-corrected chi connectivity index (χ2v) is 5.62. The molecule has 0 bridgehead atoms. The quantitative estimate of drug-likeness (QED) is 0.696. The molecule has 0 aromatic rings. The van der Waals surface area contributed by atoms with Gasteiger partial charge in [-0.1, -0.05) is 27.7 Å². The molecule has 0 saturated carbocycles. The molecule has 0 aromatic heterocycles. The number of carbonyl (C=O) groups is 1. The maximum atomic E-state index is 11.9. The summed E-state index contributed by atoms with van der Waals surface area (Å²) in [6.45, 7) is 8.61. The Morgan fingerprint density at radius 3 is 2.33 bits per heavy atom. The molecule has 0 spiro atoms. The van der Waals surface area contributed by atoms with Crippen LogP contribution in [0.1, 0.15) is 34.1 Å². The fourth-order valence-corrected chi connectivity index (χ4v) is 1.61. The smallest absolute Gasteiger partial charge is 0.240 e. The molecule has 0 aromatic carbocycles. The summed E-state index contributed by atoms with van der Waals surface area (Å²) in [5, 5.41) is 9.79. The molecule has 1 amide bonds. The Morgan fingerprint density at radius 1 is 1.53 bits per heavy atom. The molecular formula is C11H22N2O2. The van der Waals surface area contributed by atoms with Crippen molar-refractivity contribution in [1.29, 1.82) is 0 Å². The van der Waals surface area contributed by atoms with Gasteiger partial charge >= 0.3 is 0 Å². The normalized spacial score (nSPS) is 22.1. The zero-order valence-corrected chi connectivity index (χ0v) is 10.1. The number of hydrogen-bond donors (Lipinski definition) is 2. The van der Waals surface area contributed by atoms with Crippen molar-refractivity contribution in [2.75, 3.05) is 13.1 Å². The molecule has 0 unspecified atom stereocenters. The molecule has 1 atom stereocenters. The zero-order chi connectivity index (χ0) is 11.9. The number of hydrogen-bond acceptors (Lipinski definition) is 3. The van der Waals surface area contributed by atoms with Crippen LogP contribution in [0.25, 0.3) is 0 Å². The minimum atomic E-state index is -0.673. The Bertz CT molecular complexity index is 252. The Morgan fingerprint density at radius 2 is 2.00 bits per heavy atom. The van der Waals surface area contributed by atoms with Crippen molar-refractivity contribution in [2.45, 2.75) is 45.8 Å². The Labute approximate surface area is 91.4 Å². The lowest BCUT2D eigenvalue weighted by molar-refractivity contribution is -0.159. The number of nitrogens with two attached hydrogens (primary N) is 1. The third-order valence-electron chi connectivity index (χ3n) is 3.14. The summed E-state index contributed by atoms with van der Waals surface area (Å²) in [7, 11) is 0. The van der Waals surface area contributed by atoms with Crippen molar-refractivity contribution in [1.82, 2.24) is 4.90 Å². The van der Waals surface area contributed by atoms with Crippen LogP contribution in [0, 0.1) is 5.41 Å². The molecule has 1 fully saturated rings. The number of rotatable bonds is 2. The highest BCUT2D eigenvalue weighted by atomic mass is 16.3. The van der Waals surface area contributed by atoms with Crippen molar-refractivity contribution in [3.05, 3.63) is 0 Å². The number of likely N-dealkylation sites (tertiary alicyclic amines) is 1. The van der Waals surface area contributed by atoms with Crippen molar-refractivity contribution in [3.8, 4) is 0 Å². The van der Waals surface area contributed by atoms with Gasteiger partial charge in [-0.15, -0.1) is 0 Å². The molecule has 3 N–H and O–H groups in total. The highest BCUT2D eigenvalue weighted by Crippen LogP contribution is 2.27. The standard InChI is InChI=1S/C11H22N2O2/c1-5-11(15)6-13(7-11)9(14)8(12)10(2,3)4/h8,15H,5-7,12H2,1-4H3/t8-/m0/s1. The summed E-state index contributed by atoms with van der Waals surface area (Å²) in [5.74, 6) is -0.0550. The van der Waals surface area contributed by atoms with Gasteiger partial charge < -0.3 is 15.7 Å². The van der Waals surface area contributed by atoms with Crippen LogP contribution in [0.15, 0.2) is 0 Å². The van der Waals surface area contributed by atoms with Gasteiger partial charge in [0.1, 0.15) is 0 Å². The number of aliphatic hydroxyl groups is 1. The van der Waals surface area contributed by atoms with E-state index in [1.807, 2.05) is 27.7 Å². The van der Waals surface area contributed by atoms with Gasteiger partial charge in [0.05, 0.1) is 24.7 Å². The van der Waals surface area contributed by atoms with E-state index in [4.69, 9.17) is 5.73 Å².